The fourth-order valence-electron chi connectivity index (χ4n) is 1.52. The van der Waals surface area contributed by atoms with E-state index in [4.69, 9.17) is 11.6 Å². The minimum Gasteiger partial charge on any atom is -0.393 e. The maximum atomic E-state index is 9.72. The first-order chi connectivity index (χ1) is 7.13. The van der Waals surface area contributed by atoms with Gasteiger partial charge in [0.2, 0.25) is 0 Å². The third-order valence-corrected chi connectivity index (χ3v) is 2.85. The van der Waals surface area contributed by atoms with E-state index in [2.05, 4.69) is 5.32 Å². The first kappa shape index (κ1) is 12.5. The Labute approximate surface area is 96.3 Å². The van der Waals surface area contributed by atoms with Gasteiger partial charge >= 0.3 is 0 Å². The van der Waals surface area contributed by atoms with E-state index in [1.807, 2.05) is 32.2 Å². The van der Waals surface area contributed by atoms with Crippen molar-refractivity contribution in [1.82, 2.24) is 5.32 Å². The van der Waals surface area contributed by atoms with Gasteiger partial charge in [-0.25, -0.2) is 0 Å². The van der Waals surface area contributed by atoms with E-state index in [0.29, 0.717) is 6.42 Å². The van der Waals surface area contributed by atoms with Crippen LogP contribution in [0.1, 0.15) is 17.5 Å². The van der Waals surface area contributed by atoms with Gasteiger partial charge in [0.05, 0.1) is 6.10 Å². The lowest BCUT2D eigenvalue weighted by Gasteiger charge is -2.11. The van der Waals surface area contributed by atoms with Crippen LogP contribution < -0.4 is 5.32 Å². The molecule has 0 spiro atoms. The van der Waals surface area contributed by atoms with Gasteiger partial charge in [-0.05, 0) is 50.6 Å². The first-order valence-electron chi connectivity index (χ1n) is 5.21. The van der Waals surface area contributed by atoms with Crippen molar-refractivity contribution < 1.29 is 5.11 Å². The summed E-state index contributed by atoms with van der Waals surface area (Å²) in [4.78, 5) is 0. The van der Waals surface area contributed by atoms with Crippen LogP contribution in [0.15, 0.2) is 18.2 Å². The van der Waals surface area contributed by atoms with Crippen molar-refractivity contribution in [3.63, 3.8) is 0 Å². The van der Waals surface area contributed by atoms with E-state index >= 15 is 0 Å². The van der Waals surface area contributed by atoms with E-state index in [1.165, 1.54) is 0 Å². The van der Waals surface area contributed by atoms with Crippen molar-refractivity contribution in [2.45, 2.75) is 25.9 Å². The molecule has 1 aromatic rings. The molecule has 15 heavy (non-hydrogen) atoms. The van der Waals surface area contributed by atoms with Crippen LogP contribution in [0.2, 0.25) is 5.02 Å². The molecule has 84 valence electrons. The molecule has 0 radical (unpaired) electrons. The smallest absolute Gasteiger partial charge is 0.0592 e. The summed E-state index contributed by atoms with van der Waals surface area (Å²) >= 11 is 5.93. The van der Waals surface area contributed by atoms with Crippen LogP contribution >= 0.6 is 11.6 Å². The predicted molar refractivity (Wildman–Crippen MR) is 64.4 cm³/mol. The van der Waals surface area contributed by atoms with Gasteiger partial charge in [-0.2, -0.15) is 0 Å². The lowest BCUT2D eigenvalue weighted by Crippen LogP contribution is -2.18. The lowest BCUT2D eigenvalue weighted by molar-refractivity contribution is 0.165. The molecule has 1 atom stereocenters. The van der Waals surface area contributed by atoms with Gasteiger partial charge in [-0.15, -0.1) is 0 Å². The number of nitrogens with one attached hydrogen (secondary N) is 1. The molecule has 0 aliphatic rings. The zero-order valence-electron chi connectivity index (χ0n) is 9.26. The molecule has 2 N–H and O–H groups in total. The predicted octanol–water partition coefficient (Wildman–Crippen LogP) is 2.16. The minimum absolute atomic E-state index is 0.280. The molecule has 0 aliphatic carbocycles. The summed E-state index contributed by atoms with van der Waals surface area (Å²) < 4.78 is 0. The highest BCUT2D eigenvalue weighted by Crippen LogP contribution is 2.17. The highest BCUT2D eigenvalue weighted by molar-refractivity contribution is 6.31. The maximum Gasteiger partial charge on any atom is 0.0592 e. The van der Waals surface area contributed by atoms with Crippen molar-refractivity contribution in [2.24, 2.45) is 0 Å². The standard InChI is InChI=1S/C12H18ClNO/c1-9-7-10(3-4-12(9)13)8-11(15)5-6-14-2/h3-4,7,11,14-15H,5-6,8H2,1-2H3. The number of hydrogen-bond acceptors (Lipinski definition) is 2. The van der Waals surface area contributed by atoms with Crippen molar-refractivity contribution in [3.8, 4) is 0 Å². The van der Waals surface area contributed by atoms with Gasteiger partial charge in [0.15, 0.2) is 0 Å². The average Bonchev–Trinajstić information content (AvgIpc) is 2.20. The number of aliphatic hydroxyl groups excluding tert-OH is 1. The highest BCUT2D eigenvalue weighted by Gasteiger charge is 2.05. The summed E-state index contributed by atoms with van der Waals surface area (Å²) in [6.45, 7) is 2.82. The normalized spacial score (nSPS) is 12.8. The Balaban J connectivity index is 2.53. The molecule has 0 bridgehead atoms. The molecule has 0 amide bonds. The van der Waals surface area contributed by atoms with Gasteiger partial charge in [-0.3, -0.25) is 0 Å². The molecule has 2 nitrogen and oxygen atoms in total. The second kappa shape index (κ2) is 6.11. The quantitative estimate of drug-likeness (QED) is 0.808. The third-order valence-electron chi connectivity index (χ3n) is 2.42. The van der Waals surface area contributed by atoms with Crippen LogP contribution in [-0.4, -0.2) is 24.8 Å². The maximum absolute atomic E-state index is 9.72. The van der Waals surface area contributed by atoms with Crippen molar-refractivity contribution in [2.75, 3.05) is 13.6 Å². The Morgan fingerprint density at radius 3 is 2.80 bits per heavy atom. The topological polar surface area (TPSA) is 32.3 Å². The second-order valence-corrected chi connectivity index (χ2v) is 4.24. The van der Waals surface area contributed by atoms with E-state index in [0.717, 1.165) is 29.1 Å². The van der Waals surface area contributed by atoms with Crippen molar-refractivity contribution in [3.05, 3.63) is 34.3 Å². The van der Waals surface area contributed by atoms with Gasteiger partial charge in [0.25, 0.3) is 0 Å². The van der Waals surface area contributed by atoms with Gasteiger partial charge in [0, 0.05) is 5.02 Å². The summed E-state index contributed by atoms with van der Waals surface area (Å²) in [6.07, 6.45) is 1.19. The summed E-state index contributed by atoms with van der Waals surface area (Å²) in [7, 11) is 1.89. The molecule has 1 unspecified atom stereocenters. The first-order valence-corrected chi connectivity index (χ1v) is 5.59. The molecule has 0 aliphatic heterocycles. The Kier molecular flexibility index (Phi) is 5.09. The zero-order valence-corrected chi connectivity index (χ0v) is 10.0. The fourth-order valence-corrected chi connectivity index (χ4v) is 1.64. The van der Waals surface area contributed by atoms with Crippen LogP contribution in [-0.2, 0) is 6.42 Å². The van der Waals surface area contributed by atoms with E-state index in [1.54, 1.807) is 0 Å². The van der Waals surface area contributed by atoms with E-state index in [9.17, 15) is 5.11 Å². The molecular formula is C12H18ClNO. The summed E-state index contributed by atoms with van der Waals surface area (Å²) in [5, 5.41) is 13.5. The van der Waals surface area contributed by atoms with Crippen LogP contribution in [0.4, 0.5) is 0 Å². The third kappa shape index (κ3) is 4.20. The fraction of sp³-hybridized carbons (Fsp3) is 0.500. The Morgan fingerprint density at radius 1 is 1.47 bits per heavy atom. The molecule has 0 fully saturated rings. The molecule has 0 aromatic heterocycles. The number of aryl methyl sites for hydroxylation is 1. The zero-order chi connectivity index (χ0) is 11.3. The molecule has 0 saturated carbocycles. The van der Waals surface area contributed by atoms with Crippen LogP contribution in [0.5, 0.6) is 0 Å². The summed E-state index contributed by atoms with van der Waals surface area (Å²) in [6, 6.07) is 5.89. The van der Waals surface area contributed by atoms with Gasteiger partial charge < -0.3 is 10.4 Å². The largest absolute Gasteiger partial charge is 0.393 e. The molecular weight excluding hydrogens is 210 g/mol. The molecule has 0 saturated heterocycles. The average molecular weight is 228 g/mol. The monoisotopic (exact) mass is 227 g/mol. The Morgan fingerprint density at radius 2 is 2.20 bits per heavy atom. The summed E-state index contributed by atoms with van der Waals surface area (Å²) in [5.74, 6) is 0. The van der Waals surface area contributed by atoms with Crippen molar-refractivity contribution >= 4 is 11.6 Å². The highest BCUT2D eigenvalue weighted by atomic mass is 35.5. The molecule has 0 heterocycles. The molecule has 1 aromatic carbocycles. The number of rotatable bonds is 5. The van der Waals surface area contributed by atoms with Crippen molar-refractivity contribution in [1.29, 1.82) is 0 Å². The van der Waals surface area contributed by atoms with E-state index in [-0.39, 0.29) is 6.10 Å². The number of aliphatic hydroxyl groups is 1. The SMILES string of the molecule is CNCCC(O)Cc1ccc(Cl)c(C)c1. The Bertz CT molecular complexity index is 314. The number of hydrogen-bond donors (Lipinski definition) is 2. The summed E-state index contributed by atoms with van der Waals surface area (Å²) in [5.41, 5.74) is 2.20. The van der Waals surface area contributed by atoms with E-state index < -0.39 is 0 Å². The Hall–Kier alpha value is -0.570. The number of halogens is 1. The molecule has 1 rings (SSSR count). The van der Waals surface area contributed by atoms with Crippen LogP contribution in [0.3, 0.4) is 0 Å². The lowest BCUT2D eigenvalue weighted by atomic mass is 10.0. The second-order valence-electron chi connectivity index (χ2n) is 3.83. The van der Waals surface area contributed by atoms with Gasteiger partial charge in [-0.1, -0.05) is 23.7 Å². The van der Waals surface area contributed by atoms with Crippen LogP contribution in [0, 0.1) is 6.92 Å². The number of benzene rings is 1. The minimum atomic E-state index is -0.280. The van der Waals surface area contributed by atoms with Gasteiger partial charge in [0.1, 0.15) is 0 Å². The molecule has 3 heteroatoms. The van der Waals surface area contributed by atoms with Crippen LogP contribution in [0.25, 0.3) is 0 Å².